The molecule has 11 heavy (non-hydrogen) atoms. The van der Waals surface area contributed by atoms with Crippen molar-refractivity contribution in [2.45, 2.75) is 5.03 Å². The highest BCUT2D eigenvalue weighted by Gasteiger charge is 1.98. The van der Waals surface area contributed by atoms with Crippen LogP contribution in [0.4, 0.5) is 0 Å². The Morgan fingerprint density at radius 1 is 1.45 bits per heavy atom. The number of fused-ring (bicyclic) bond motifs is 1. The van der Waals surface area contributed by atoms with Gasteiger partial charge in [-0.1, -0.05) is 6.07 Å². The van der Waals surface area contributed by atoms with Gasteiger partial charge < -0.3 is 0 Å². The molecule has 0 atom stereocenters. The van der Waals surface area contributed by atoms with Gasteiger partial charge in [-0.15, -0.1) is 21.9 Å². The molecule has 0 amide bonds. The Morgan fingerprint density at radius 3 is 3.18 bits per heavy atom. The van der Waals surface area contributed by atoms with E-state index in [1.807, 2.05) is 22.6 Å². The third-order valence-electron chi connectivity index (χ3n) is 1.39. The van der Waals surface area contributed by atoms with E-state index in [0.717, 1.165) is 10.7 Å². The van der Waals surface area contributed by atoms with Crippen LogP contribution >= 0.6 is 22.5 Å². The summed E-state index contributed by atoms with van der Waals surface area (Å²) in [4.78, 5) is 0. The average Bonchev–Trinajstić information content (AvgIpc) is 2.50. The lowest BCUT2D eigenvalue weighted by Gasteiger charge is -1.96. The van der Waals surface area contributed by atoms with Crippen LogP contribution in [0.1, 0.15) is 0 Å². The van der Waals surface area contributed by atoms with Crippen LogP contribution in [-0.4, -0.2) is 14.6 Å². The predicted octanol–water partition coefficient (Wildman–Crippen LogP) is 1.67. The zero-order chi connectivity index (χ0) is 7.68. The van der Waals surface area contributed by atoms with Crippen molar-refractivity contribution < 1.29 is 0 Å². The van der Waals surface area contributed by atoms with Crippen molar-refractivity contribution in [3.8, 4) is 0 Å². The molecule has 0 saturated heterocycles. The summed E-state index contributed by atoms with van der Waals surface area (Å²) < 4.78 is 1.89. The molecular formula is C6H5N3S2. The summed E-state index contributed by atoms with van der Waals surface area (Å²) in [5.41, 5.74) is 0.851. The van der Waals surface area contributed by atoms with E-state index in [1.165, 1.54) is 10.8 Å². The van der Waals surface area contributed by atoms with Crippen molar-refractivity contribution >= 4 is 28.1 Å². The van der Waals surface area contributed by atoms with Gasteiger partial charge in [-0.3, -0.25) is 4.40 Å². The molecule has 0 aliphatic carbocycles. The van der Waals surface area contributed by atoms with E-state index in [-0.39, 0.29) is 0 Å². The minimum absolute atomic E-state index is 0.851. The molecule has 0 aliphatic rings. The van der Waals surface area contributed by atoms with E-state index in [9.17, 15) is 0 Å². The van der Waals surface area contributed by atoms with Gasteiger partial charge in [-0.25, -0.2) is 0 Å². The minimum atomic E-state index is 0.851. The highest BCUT2D eigenvalue weighted by atomic mass is 33.1. The highest BCUT2D eigenvalue weighted by Crippen LogP contribution is 2.20. The van der Waals surface area contributed by atoms with Crippen LogP contribution in [0.3, 0.4) is 0 Å². The van der Waals surface area contributed by atoms with Crippen LogP contribution in [0.2, 0.25) is 0 Å². The van der Waals surface area contributed by atoms with E-state index in [2.05, 4.69) is 21.9 Å². The first-order valence-corrected chi connectivity index (χ1v) is 4.89. The molecule has 0 aromatic carbocycles. The van der Waals surface area contributed by atoms with Gasteiger partial charge in [0.15, 0.2) is 5.65 Å². The van der Waals surface area contributed by atoms with Gasteiger partial charge in [0.05, 0.1) is 5.03 Å². The molecule has 2 aromatic heterocycles. The molecule has 5 heteroatoms. The summed E-state index contributed by atoms with van der Waals surface area (Å²) in [5, 5.41) is 8.69. The molecule has 56 valence electrons. The first kappa shape index (κ1) is 7.00. The Morgan fingerprint density at radius 2 is 2.36 bits per heavy atom. The van der Waals surface area contributed by atoms with Gasteiger partial charge in [-0.2, -0.15) is 0 Å². The molecule has 0 unspecified atom stereocenters. The summed E-state index contributed by atoms with van der Waals surface area (Å²) in [6, 6.07) is 5.80. The number of hydrogen-bond acceptors (Lipinski definition) is 4. The maximum Gasteiger partial charge on any atom is 0.161 e. The largest absolute Gasteiger partial charge is 0.275 e. The lowest BCUT2D eigenvalue weighted by atomic mass is 10.5. The van der Waals surface area contributed by atoms with Gasteiger partial charge in [0.25, 0.3) is 0 Å². The van der Waals surface area contributed by atoms with Gasteiger partial charge in [-0.05, 0) is 22.9 Å². The molecule has 0 radical (unpaired) electrons. The summed E-state index contributed by atoms with van der Waals surface area (Å²) in [5.74, 6) is 0. The standard InChI is InChI=1S/C6H5N3S2/c10-11-6-3-1-2-5-8-7-4-9(5)6/h1-4,10H. The van der Waals surface area contributed by atoms with Crippen LogP contribution in [0.15, 0.2) is 29.6 Å². The summed E-state index contributed by atoms with van der Waals surface area (Å²) >= 11 is 4.10. The lowest BCUT2D eigenvalue weighted by Crippen LogP contribution is -1.84. The van der Waals surface area contributed by atoms with Crippen molar-refractivity contribution in [3.63, 3.8) is 0 Å². The fourth-order valence-electron chi connectivity index (χ4n) is 0.899. The van der Waals surface area contributed by atoms with E-state index in [1.54, 1.807) is 6.33 Å². The first-order valence-electron chi connectivity index (χ1n) is 3.02. The third-order valence-corrected chi connectivity index (χ3v) is 2.47. The SMILES string of the molecule is SSc1cccc2nncn12. The fraction of sp³-hybridized carbons (Fsp3) is 0. The summed E-state index contributed by atoms with van der Waals surface area (Å²) in [7, 11) is 1.38. The molecule has 0 spiro atoms. The quantitative estimate of drug-likeness (QED) is 0.539. The zero-order valence-electron chi connectivity index (χ0n) is 5.51. The zero-order valence-corrected chi connectivity index (χ0v) is 7.22. The van der Waals surface area contributed by atoms with E-state index in [0.29, 0.717) is 0 Å². The monoisotopic (exact) mass is 183 g/mol. The third kappa shape index (κ3) is 1.10. The van der Waals surface area contributed by atoms with Crippen LogP contribution in [-0.2, 0) is 0 Å². The summed E-state index contributed by atoms with van der Waals surface area (Å²) in [6.45, 7) is 0. The second kappa shape index (κ2) is 2.75. The van der Waals surface area contributed by atoms with Crippen molar-refractivity contribution in [2.24, 2.45) is 0 Å². The van der Waals surface area contributed by atoms with Crippen LogP contribution in [0.25, 0.3) is 5.65 Å². The Kier molecular flexibility index (Phi) is 1.75. The average molecular weight is 183 g/mol. The second-order valence-electron chi connectivity index (χ2n) is 2.01. The van der Waals surface area contributed by atoms with Gasteiger partial charge in [0.1, 0.15) is 6.33 Å². The number of thiol groups is 1. The summed E-state index contributed by atoms with van der Waals surface area (Å²) in [6.07, 6.45) is 1.67. The topological polar surface area (TPSA) is 30.2 Å². The van der Waals surface area contributed by atoms with Crippen molar-refractivity contribution in [1.82, 2.24) is 14.6 Å². The van der Waals surface area contributed by atoms with Crippen LogP contribution < -0.4 is 0 Å². The Hall–Kier alpha value is -0.680. The molecule has 2 heterocycles. The number of pyridine rings is 1. The number of nitrogens with zero attached hydrogens (tertiary/aromatic N) is 3. The van der Waals surface area contributed by atoms with Crippen molar-refractivity contribution in [1.29, 1.82) is 0 Å². The normalized spacial score (nSPS) is 10.6. The van der Waals surface area contributed by atoms with Gasteiger partial charge in [0.2, 0.25) is 0 Å². The molecule has 2 aromatic rings. The van der Waals surface area contributed by atoms with Gasteiger partial charge in [0, 0.05) is 0 Å². The van der Waals surface area contributed by atoms with Crippen LogP contribution in [0.5, 0.6) is 0 Å². The second-order valence-corrected chi connectivity index (χ2v) is 3.16. The highest BCUT2D eigenvalue weighted by molar-refractivity contribution is 8.68. The molecule has 0 fully saturated rings. The lowest BCUT2D eigenvalue weighted by molar-refractivity contribution is 1.01. The Labute approximate surface area is 72.6 Å². The van der Waals surface area contributed by atoms with Gasteiger partial charge >= 0.3 is 0 Å². The predicted molar refractivity (Wildman–Crippen MR) is 47.8 cm³/mol. The van der Waals surface area contributed by atoms with Crippen LogP contribution in [0, 0.1) is 0 Å². The molecule has 2 rings (SSSR count). The molecule has 0 saturated carbocycles. The minimum Gasteiger partial charge on any atom is -0.275 e. The Bertz CT molecular complexity index is 371. The Balaban J connectivity index is 2.79. The molecule has 3 nitrogen and oxygen atoms in total. The maximum atomic E-state index is 4.10. The molecule has 0 aliphatic heterocycles. The maximum absolute atomic E-state index is 4.10. The van der Waals surface area contributed by atoms with E-state index in [4.69, 9.17) is 0 Å². The van der Waals surface area contributed by atoms with Crippen molar-refractivity contribution in [3.05, 3.63) is 24.5 Å². The number of rotatable bonds is 1. The first-order chi connectivity index (χ1) is 5.42. The smallest absolute Gasteiger partial charge is 0.161 e. The fourth-order valence-corrected chi connectivity index (χ4v) is 1.71. The number of aromatic nitrogens is 3. The van der Waals surface area contributed by atoms with E-state index < -0.39 is 0 Å². The van der Waals surface area contributed by atoms with E-state index >= 15 is 0 Å². The molecule has 0 N–H and O–H groups in total. The van der Waals surface area contributed by atoms with Crippen molar-refractivity contribution in [2.75, 3.05) is 0 Å². The number of hydrogen-bond donors (Lipinski definition) is 1. The molecule has 0 bridgehead atoms. The molecular weight excluding hydrogens is 178 g/mol.